The molecule has 0 atom stereocenters. The van der Waals surface area contributed by atoms with Crippen LogP contribution in [-0.4, -0.2) is 9.97 Å². The number of aromatic nitrogens is 2. The third-order valence-electron chi connectivity index (χ3n) is 3.06. The van der Waals surface area contributed by atoms with Crippen molar-refractivity contribution >= 4 is 50.0 Å². The fraction of sp³-hybridized carbons (Fsp3) is 0. The van der Waals surface area contributed by atoms with E-state index in [1.165, 1.54) is 0 Å². The molecule has 0 spiro atoms. The van der Waals surface area contributed by atoms with E-state index < -0.39 is 0 Å². The lowest BCUT2D eigenvalue weighted by molar-refractivity contribution is 1.25. The summed E-state index contributed by atoms with van der Waals surface area (Å²) in [7, 11) is 0. The molecule has 2 aromatic carbocycles. The van der Waals surface area contributed by atoms with Crippen LogP contribution in [0.5, 0.6) is 0 Å². The molecular formula is C14H9BrN4. The molecule has 4 rings (SSSR count). The Morgan fingerprint density at radius 3 is 2.11 bits per heavy atom. The Hall–Kier alpha value is -2.14. The lowest BCUT2D eigenvalue weighted by Gasteiger charge is -2.21. The van der Waals surface area contributed by atoms with Gasteiger partial charge in [-0.3, -0.25) is 0 Å². The average Bonchev–Trinajstić information content (AvgIpc) is 2.43. The zero-order valence-electron chi connectivity index (χ0n) is 9.81. The van der Waals surface area contributed by atoms with Crippen LogP contribution in [0.15, 0.2) is 46.9 Å². The summed E-state index contributed by atoms with van der Waals surface area (Å²) in [6, 6.07) is 13.9. The third kappa shape index (κ3) is 1.74. The first-order valence-corrected chi connectivity index (χ1v) is 6.69. The molecule has 0 saturated heterocycles. The van der Waals surface area contributed by atoms with E-state index in [0.717, 1.165) is 38.5 Å². The molecule has 0 saturated carbocycles. The van der Waals surface area contributed by atoms with Crippen LogP contribution in [0.4, 0.5) is 23.0 Å². The Labute approximate surface area is 118 Å². The van der Waals surface area contributed by atoms with Gasteiger partial charge in [0, 0.05) is 4.47 Å². The van der Waals surface area contributed by atoms with E-state index in [4.69, 9.17) is 0 Å². The van der Waals surface area contributed by atoms with Gasteiger partial charge in [0.15, 0.2) is 11.6 Å². The first kappa shape index (κ1) is 10.8. The molecular weight excluding hydrogens is 304 g/mol. The van der Waals surface area contributed by atoms with Crippen molar-refractivity contribution in [1.82, 2.24) is 9.97 Å². The van der Waals surface area contributed by atoms with Crippen LogP contribution in [0.3, 0.4) is 0 Å². The second-order valence-corrected chi connectivity index (χ2v) is 5.27. The van der Waals surface area contributed by atoms with Crippen molar-refractivity contribution in [1.29, 1.82) is 0 Å². The van der Waals surface area contributed by atoms with Gasteiger partial charge in [-0.15, -0.1) is 0 Å². The standard InChI is InChI=1S/C14H9BrN4/c15-8-5-6-11-12(7-8)19-14-13(18-11)16-9-3-1-2-4-10(9)17-14/h1-7H,(H,16,18)(H,17,19). The van der Waals surface area contributed by atoms with E-state index in [1.807, 2.05) is 42.5 Å². The number of para-hydroxylation sites is 2. The summed E-state index contributed by atoms with van der Waals surface area (Å²) in [5.41, 5.74) is 3.76. The van der Waals surface area contributed by atoms with Gasteiger partial charge in [0.25, 0.3) is 0 Å². The molecule has 1 aliphatic heterocycles. The molecule has 1 aromatic heterocycles. The summed E-state index contributed by atoms with van der Waals surface area (Å²) < 4.78 is 1.03. The van der Waals surface area contributed by atoms with Gasteiger partial charge in [0.1, 0.15) is 0 Å². The molecule has 0 amide bonds. The SMILES string of the molecule is Brc1ccc2c(c1)Nc1nc3ccccc3nc1N2. The monoisotopic (exact) mass is 312 g/mol. The van der Waals surface area contributed by atoms with Crippen molar-refractivity contribution in [2.45, 2.75) is 0 Å². The molecule has 92 valence electrons. The minimum Gasteiger partial charge on any atom is -0.335 e. The smallest absolute Gasteiger partial charge is 0.174 e. The maximum Gasteiger partial charge on any atom is 0.174 e. The maximum absolute atomic E-state index is 4.59. The molecule has 1 aliphatic rings. The average molecular weight is 313 g/mol. The number of nitrogens with one attached hydrogen (secondary N) is 2. The molecule has 0 unspecified atom stereocenters. The number of halogens is 1. The van der Waals surface area contributed by atoms with Gasteiger partial charge >= 0.3 is 0 Å². The van der Waals surface area contributed by atoms with Crippen LogP contribution in [0.2, 0.25) is 0 Å². The summed E-state index contributed by atoms with van der Waals surface area (Å²) in [6.07, 6.45) is 0. The predicted octanol–water partition coefficient (Wildman–Crippen LogP) is 4.19. The van der Waals surface area contributed by atoms with Crippen LogP contribution in [-0.2, 0) is 0 Å². The Balaban J connectivity index is 1.90. The summed E-state index contributed by atoms with van der Waals surface area (Å²) in [4.78, 5) is 9.18. The Morgan fingerprint density at radius 1 is 0.789 bits per heavy atom. The summed E-state index contributed by atoms with van der Waals surface area (Å²) in [6.45, 7) is 0. The molecule has 2 N–H and O–H groups in total. The topological polar surface area (TPSA) is 49.8 Å². The number of hydrogen-bond acceptors (Lipinski definition) is 4. The highest BCUT2D eigenvalue weighted by atomic mass is 79.9. The number of nitrogens with zero attached hydrogens (tertiary/aromatic N) is 2. The number of anilines is 4. The zero-order valence-corrected chi connectivity index (χ0v) is 11.4. The number of hydrogen-bond donors (Lipinski definition) is 2. The Kier molecular flexibility index (Phi) is 2.22. The molecule has 2 heterocycles. The van der Waals surface area contributed by atoms with Gasteiger partial charge in [-0.05, 0) is 30.3 Å². The summed E-state index contributed by atoms with van der Waals surface area (Å²) in [5.74, 6) is 1.51. The highest BCUT2D eigenvalue weighted by Gasteiger charge is 2.17. The normalized spacial score (nSPS) is 12.3. The minimum absolute atomic E-state index is 0.754. The molecule has 0 radical (unpaired) electrons. The van der Waals surface area contributed by atoms with Crippen molar-refractivity contribution in [3.63, 3.8) is 0 Å². The van der Waals surface area contributed by atoms with Crippen LogP contribution < -0.4 is 10.6 Å². The molecule has 4 nitrogen and oxygen atoms in total. The van der Waals surface area contributed by atoms with Crippen LogP contribution >= 0.6 is 15.9 Å². The minimum atomic E-state index is 0.754. The van der Waals surface area contributed by atoms with E-state index in [2.05, 4.69) is 36.5 Å². The molecule has 5 heteroatoms. The van der Waals surface area contributed by atoms with Crippen molar-refractivity contribution in [2.24, 2.45) is 0 Å². The van der Waals surface area contributed by atoms with Crippen molar-refractivity contribution in [3.8, 4) is 0 Å². The number of benzene rings is 2. The fourth-order valence-electron chi connectivity index (χ4n) is 2.16. The summed E-state index contributed by atoms with van der Waals surface area (Å²) in [5, 5.41) is 6.61. The largest absolute Gasteiger partial charge is 0.335 e. The van der Waals surface area contributed by atoms with Gasteiger partial charge in [-0.1, -0.05) is 28.1 Å². The second-order valence-electron chi connectivity index (χ2n) is 4.35. The van der Waals surface area contributed by atoms with E-state index in [-0.39, 0.29) is 0 Å². The van der Waals surface area contributed by atoms with Gasteiger partial charge in [-0.25, -0.2) is 9.97 Å². The molecule has 19 heavy (non-hydrogen) atoms. The Bertz CT molecular complexity index is 801. The lowest BCUT2D eigenvalue weighted by Crippen LogP contribution is -2.09. The first-order valence-electron chi connectivity index (χ1n) is 5.90. The maximum atomic E-state index is 4.59. The van der Waals surface area contributed by atoms with Crippen molar-refractivity contribution < 1.29 is 0 Å². The quantitative estimate of drug-likeness (QED) is 0.511. The van der Waals surface area contributed by atoms with Crippen LogP contribution in [0.1, 0.15) is 0 Å². The van der Waals surface area contributed by atoms with E-state index >= 15 is 0 Å². The van der Waals surface area contributed by atoms with E-state index in [1.54, 1.807) is 0 Å². The lowest BCUT2D eigenvalue weighted by atomic mass is 10.2. The number of rotatable bonds is 0. The third-order valence-corrected chi connectivity index (χ3v) is 3.55. The van der Waals surface area contributed by atoms with E-state index in [0.29, 0.717) is 0 Å². The van der Waals surface area contributed by atoms with Crippen molar-refractivity contribution in [3.05, 3.63) is 46.9 Å². The first-order chi connectivity index (χ1) is 9.29. The summed E-state index contributed by atoms with van der Waals surface area (Å²) >= 11 is 3.47. The molecule has 0 aliphatic carbocycles. The van der Waals surface area contributed by atoms with E-state index in [9.17, 15) is 0 Å². The van der Waals surface area contributed by atoms with Gasteiger partial charge < -0.3 is 10.6 Å². The van der Waals surface area contributed by atoms with Crippen LogP contribution in [0, 0.1) is 0 Å². The molecule has 0 bridgehead atoms. The molecule has 3 aromatic rings. The highest BCUT2D eigenvalue weighted by Crippen LogP contribution is 2.38. The molecule has 0 fully saturated rings. The van der Waals surface area contributed by atoms with Gasteiger partial charge in [-0.2, -0.15) is 0 Å². The fourth-order valence-corrected chi connectivity index (χ4v) is 2.52. The number of fused-ring (bicyclic) bond motifs is 3. The van der Waals surface area contributed by atoms with Gasteiger partial charge in [0.05, 0.1) is 22.4 Å². The predicted molar refractivity (Wildman–Crippen MR) is 80.2 cm³/mol. The zero-order chi connectivity index (χ0) is 12.8. The Morgan fingerprint density at radius 2 is 1.42 bits per heavy atom. The van der Waals surface area contributed by atoms with Gasteiger partial charge in [0.2, 0.25) is 0 Å². The van der Waals surface area contributed by atoms with Crippen LogP contribution in [0.25, 0.3) is 11.0 Å². The second kappa shape index (κ2) is 3.93. The van der Waals surface area contributed by atoms with Crippen molar-refractivity contribution in [2.75, 3.05) is 10.6 Å². The highest BCUT2D eigenvalue weighted by molar-refractivity contribution is 9.10.